The van der Waals surface area contributed by atoms with Crippen LogP contribution in [0.4, 0.5) is 0 Å². The molecule has 0 saturated carbocycles. The van der Waals surface area contributed by atoms with Gasteiger partial charge in [0.15, 0.2) is 0 Å². The first-order chi connectivity index (χ1) is 30.6. The van der Waals surface area contributed by atoms with Crippen molar-refractivity contribution in [3.63, 3.8) is 0 Å². The highest BCUT2D eigenvalue weighted by Crippen LogP contribution is 2.18. The third-order valence-corrected chi connectivity index (χ3v) is 13.6. The molecule has 368 valence electrons. The molecule has 4 heteroatoms. The number of hydrogen-bond donors (Lipinski definition) is 2. The van der Waals surface area contributed by atoms with E-state index < -0.39 is 0 Å². The summed E-state index contributed by atoms with van der Waals surface area (Å²) in [5.41, 5.74) is 0. The number of aliphatic hydroxyl groups excluding tert-OH is 1. The van der Waals surface area contributed by atoms with E-state index in [0.717, 1.165) is 51.4 Å². The van der Waals surface area contributed by atoms with Crippen LogP contribution in [0.25, 0.3) is 0 Å². The molecule has 0 aromatic carbocycles. The highest BCUT2D eigenvalue weighted by molar-refractivity contribution is 5.78. The molecular weight excluding hydrogens is 759 g/mol. The van der Waals surface area contributed by atoms with Crippen LogP contribution in [0.3, 0.4) is 0 Å². The maximum Gasteiger partial charge on any atom is 0.220 e. The van der Waals surface area contributed by atoms with Gasteiger partial charge >= 0.3 is 0 Å². The predicted molar refractivity (Wildman–Crippen MR) is 275 cm³/mol. The fraction of sp³-hybridized carbons (Fsp3) is 0.931. The molecule has 1 atom stereocenters. The molecule has 0 aliphatic heterocycles. The van der Waals surface area contributed by atoms with Gasteiger partial charge in [-0.05, 0) is 51.4 Å². The van der Waals surface area contributed by atoms with Crippen molar-refractivity contribution in [2.75, 3.05) is 6.61 Å². The summed E-state index contributed by atoms with van der Waals surface area (Å²) in [6.07, 6.45) is 68.9. The van der Waals surface area contributed by atoms with Crippen LogP contribution in [0, 0.1) is 0 Å². The predicted octanol–water partition coefficient (Wildman–Crippen LogP) is 19.1. The van der Waals surface area contributed by atoms with Crippen LogP contribution in [0.1, 0.15) is 335 Å². The molecule has 0 aromatic rings. The van der Waals surface area contributed by atoms with Gasteiger partial charge in [-0.15, -0.1) is 0 Å². The minimum atomic E-state index is -0.0692. The van der Waals surface area contributed by atoms with Crippen molar-refractivity contribution in [1.29, 1.82) is 0 Å². The van der Waals surface area contributed by atoms with Crippen LogP contribution in [0.15, 0.2) is 12.2 Å². The second kappa shape index (κ2) is 54.2. The zero-order valence-electron chi connectivity index (χ0n) is 42.6. The van der Waals surface area contributed by atoms with Crippen molar-refractivity contribution in [1.82, 2.24) is 5.32 Å². The second-order valence-electron chi connectivity index (χ2n) is 19.9. The lowest BCUT2D eigenvalue weighted by molar-refractivity contribution is -0.122. The number of ketones is 1. The lowest BCUT2D eigenvalue weighted by Crippen LogP contribution is -2.37. The van der Waals surface area contributed by atoms with Gasteiger partial charge in [-0.3, -0.25) is 9.59 Å². The molecule has 0 aliphatic rings. The van der Waals surface area contributed by atoms with E-state index in [1.54, 1.807) is 0 Å². The lowest BCUT2D eigenvalue weighted by atomic mass is 10.0. The van der Waals surface area contributed by atoms with E-state index in [2.05, 4.69) is 31.3 Å². The average Bonchev–Trinajstić information content (AvgIpc) is 3.27. The van der Waals surface area contributed by atoms with Crippen molar-refractivity contribution in [3.05, 3.63) is 12.2 Å². The Morgan fingerprint density at radius 1 is 0.355 bits per heavy atom. The summed E-state index contributed by atoms with van der Waals surface area (Å²) in [4.78, 5) is 24.7. The van der Waals surface area contributed by atoms with Gasteiger partial charge in [0, 0.05) is 19.3 Å². The molecule has 0 radical (unpaired) electrons. The van der Waals surface area contributed by atoms with Crippen LogP contribution in [0.5, 0.6) is 0 Å². The van der Waals surface area contributed by atoms with Crippen molar-refractivity contribution in [3.8, 4) is 0 Å². The fourth-order valence-electron chi connectivity index (χ4n) is 9.23. The number of aliphatic hydroxyl groups is 1. The van der Waals surface area contributed by atoms with Crippen molar-refractivity contribution >= 4 is 11.7 Å². The zero-order chi connectivity index (χ0) is 44.9. The zero-order valence-corrected chi connectivity index (χ0v) is 42.6. The standard InChI is InChI=1S/C58H113NO3/c1-3-5-7-9-11-13-15-17-19-21-22-23-25-28-32-36-40-44-48-52-57(61)53-49-45-41-37-33-29-26-30-34-38-42-46-50-54-58(62)59-56(55-60)51-47-43-39-35-31-27-24-20-18-16-14-12-10-8-6-4-2/h17,19,56,60H,3-16,18,20-55H2,1-2H3,(H,59,62). The lowest BCUT2D eigenvalue weighted by Gasteiger charge is -2.16. The van der Waals surface area contributed by atoms with E-state index >= 15 is 0 Å². The number of unbranched alkanes of at least 4 members (excludes halogenated alkanes) is 42. The Morgan fingerprint density at radius 3 is 0.919 bits per heavy atom. The maximum absolute atomic E-state index is 12.4. The van der Waals surface area contributed by atoms with Crippen LogP contribution >= 0.6 is 0 Å². The third kappa shape index (κ3) is 51.5. The summed E-state index contributed by atoms with van der Waals surface area (Å²) in [6, 6.07) is -0.0692. The van der Waals surface area contributed by atoms with Gasteiger partial charge < -0.3 is 10.4 Å². The molecule has 0 aliphatic carbocycles. The molecule has 0 fully saturated rings. The van der Waals surface area contributed by atoms with Gasteiger partial charge in [0.25, 0.3) is 0 Å². The summed E-state index contributed by atoms with van der Waals surface area (Å²) in [5.74, 6) is 0.623. The number of Topliss-reactive ketones (excluding diaryl/α,β-unsaturated/α-hetero) is 1. The third-order valence-electron chi connectivity index (χ3n) is 13.6. The van der Waals surface area contributed by atoms with E-state index in [-0.39, 0.29) is 18.6 Å². The summed E-state index contributed by atoms with van der Waals surface area (Å²) in [5, 5.41) is 12.9. The first kappa shape index (κ1) is 60.8. The van der Waals surface area contributed by atoms with Gasteiger partial charge in [0.1, 0.15) is 5.78 Å². The molecule has 2 N–H and O–H groups in total. The van der Waals surface area contributed by atoms with Crippen molar-refractivity contribution in [2.24, 2.45) is 0 Å². The van der Waals surface area contributed by atoms with Crippen molar-refractivity contribution in [2.45, 2.75) is 341 Å². The summed E-state index contributed by atoms with van der Waals surface area (Å²) in [7, 11) is 0. The Balaban J connectivity index is 3.36. The number of carbonyl (C=O) groups excluding carboxylic acids is 2. The normalized spacial score (nSPS) is 12.2. The molecular formula is C58H113NO3. The first-order valence-electron chi connectivity index (χ1n) is 28.7. The monoisotopic (exact) mass is 872 g/mol. The topological polar surface area (TPSA) is 66.4 Å². The Bertz CT molecular complexity index is 901. The highest BCUT2D eigenvalue weighted by Gasteiger charge is 2.11. The molecule has 0 saturated heterocycles. The quantitative estimate of drug-likeness (QED) is 0.0473. The molecule has 1 amide bonds. The number of rotatable bonds is 54. The minimum absolute atomic E-state index is 0.0598. The molecule has 4 nitrogen and oxygen atoms in total. The SMILES string of the molecule is CCCCCCCCC=CCCCCCCCCCCCC(=O)CCCCCCCCCCCCCCCC(=O)NC(CO)CCCCCCCCCCCCCCCCCC. The summed E-state index contributed by atoms with van der Waals surface area (Å²) in [6.45, 7) is 4.64. The Hall–Kier alpha value is -1.16. The number of carbonyl (C=O) groups is 2. The molecule has 0 spiro atoms. The van der Waals surface area contributed by atoms with E-state index in [9.17, 15) is 14.7 Å². The number of nitrogens with one attached hydrogen (secondary N) is 1. The van der Waals surface area contributed by atoms with E-state index in [1.807, 2.05) is 0 Å². The van der Waals surface area contributed by atoms with Gasteiger partial charge in [-0.1, -0.05) is 276 Å². The smallest absolute Gasteiger partial charge is 0.220 e. The summed E-state index contributed by atoms with van der Waals surface area (Å²) >= 11 is 0. The number of hydrogen-bond acceptors (Lipinski definition) is 3. The largest absolute Gasteiger partial charge is 0.394 e. The van der Waals surface area contributed by atoms with Gasteiger partial charge in [0.2, 0.25) is 5.91 Å². The molecule has 0 rings (SSSR count). The van der Waals surface area contributed by atoms with Crippen LogP contribution in [0.2, 0.25) is 0 Å². The average molecular weight is 873 g/mol. The Kier molecular flexibility index (Phi) is 53.2. The molecule has 0 aromatic heterocycles. The minimum Gasteiger partial charge on any atom is -0.394 e. The first-order valence-corrected chi connectivity index (χ1v) is 28.7. The molecule has 62 heavy (non-hydrogen) atoms. The van der Waals surface area contributed by atoms with Gasteiger partial charge in [-0.25, -0.2) is 0 Å². The number of allylic oxidation sites excluding steroid dienone is 2. The number of amides is 1. The summed E-state index contributed by atoms with van der Waals surface area (Å²) < 4.78 is 0. The Labute approximate surface area is 390 Å². The van der Waals surface area contributed by atoms with Crippen LogP contribution in [-0.2, 0) is 9.59 Å². The highest BCUT2D eigenvalue weighted by atomic mass is 16.3. The Morgan fingerprint density at radius 2 is 0.613 bits per heavy atom. The van der Waals surface area contributed by atoms with Crippen molar-refractivity contribution < 1.29 is 14.7 Å². The van der Waals surface area contributed by atoms with Gasteiger partial charge in [-0.2, -0.15) is 0 Å². The van der Waals surface area contributed by atoms with Crippen LogP contribution < -0.4 is 5.32 Å². The van der Waals surface area contributed by atoms with E-state index in [1.165, 1.54) is 263 Å². The fourth-order valence-corrected chi connectivity index (χ4v) is 9.23. The van der Waals surface area contributed by atoms with E-state index in [4.69, 9.17) is 0 Å². The molecule has 1 unspecified atom stereocenters. The molecule has 0 heterocycles. The van der Waals surface area contributed by atoms with Gasteiger partial charge in [0.05, 0.1) is 12.6 Å². The second-order valence-corrected chi connectivity index (χ2v) is 19.9. The van der Waals surface area contributed by atoms with Crippen LogP contribution in [-0.4, -0.2) is 29.4 Å². The van der Waals surface area contributed by atoms with E-state index in [0.29, 0.717) is 12.2 Å². The maximum atomic E-state index is 12.4. The molecule has 0 bridgehead atoms.